The molecule has 0 aliphatic carbocycles. The number of ether oxygens (including phenoxy) is 1. The van der Waals surface area contributed by atoms with Gasteiger partial charge >= 0.3 is 45.9 Å². The monoisotopic (exact) mass is 628 g/mol. The third-order valence-corrected chi connectivity index (χ3v) is 7.40. The van der Waals surface area contributed by atoms with Gasteiger partial charge in [0.15, 0.2) is 0 Å². The SMILES string of the molecule is CCCCCCCC/C=C\CCCCCCCC(=O)OCCCCCCCCCCCCCCCC.O=S(=O)(O)O.[H-].[Na+]. The molecule has 2 N–H and O–H groups in total. The van der Waals surface area contributed by atoms with E-state index in [0.717, 1.165) is 19.3 Å². The molecule has 0 rings (SSSR count). The van der Waals surface area contributed by atoms with E-state index in [1.165, 1.54) is 154 Å². The van der Waals surface area contributed by atoms with Crippen LogP contribution in [0.5, 0.6) is 0 Å². The van der Waals surface area contributed by atoms with E-state index in [4.69, 9.17) is 22.3 Å². The van der Waals surface area contributed by atoms with Gasteiger partial charge in [0.05, 0.1) is 6.61 Å². The molecule has 0 aromatic heterocycles. The third-order valence-electron chi connectivity index (χ3n) is 7.40. The molecular weight excluding hydrogens is 559 g/mol. The van der Waals surface area contributed by atoms with Gasteiger partial charge in [0.25, 0.3) is 0 Å². The summed E-state index contributed by atoms with van der Waals surface area (Å²) in [5.41, 5.74) is 0. The van der Waals surface area contributed by atoms with Gasteiger partial charge in [0.2, 0.25) is 0 Å². The van der Waals surface area contributed by atoms with Crippen molar-refractivity contribution in [3.63, 3.8) is 0 Å². The van der Waals surface area contributed by atoms with Crippen LogP contribution in [0.25, 0.3) is 0 Å². The van der Waals surface area contributed by atoms with E-state index < -0.39 is 10.4 Å². The van der Waals surface area contributed by atoms with Gasteiger partial charge in [-0.1, -0.05) is 161 Å². The zero-order valence-electron chi connectivity index (χ0n) is 29.1. The molecule has 6 nitrogen and oxygen atoms in total. The molecule has 0 aliphatic rings. The van der Waals surface area contributed by atoms with Crippen molar-refractivity contribution >= 4 is 16.4 Å². The van der Waals surface area contributed by atoms with Crippen LogP contribution in [-0.4, -0.2) is 30.1 Å². The van der Waals surface area contributed by atoms with Gasteiger partial charge in [-0.05, 0) is 38.5 Å². The Morgan fingerprint density at radius 1 is 0.548 bits per heavy atom. The van der Waals surface area contributed by atoms with Crippen LogP contribution in [0.4, 0.5) is 0 Å². The molecule has 0 aliphatic heterocycles. The summed E-state index contributed by atoms with van der Waals surface area (Å²) < 4.78 is 37.0. The molecule has 0 spiro atoms. The molecule has 0 unspecified atom stereocenters. The molecule has 42 heavy (non-hydrogen) atoms. The summed E-state index contributed by atoms with van der Waals surface area (Å²) in [6, 6.07) is 0. The summed E-state index contributed by atoms with van der Waals surface area (Å²) in [6.45, 7) is 5.19. The van der Waals surface area contributed by atoms with E-state index in [1.54, 1.807) is 0 Å². The van der Waals surface area contributed by atoms with E-state index >= 15 is 0 Å². The number of carbonyl (C=O) groups excluding carboxylic acids is 1. The van der Waals surface area contributed by atoms with Gasteiger partial charge in [-0.25, -0.2) is 0 Å². The fourth-order valence-corrected chi connectivity index (χ4v) is 4.89. The van der Waals surface area contributed by atoms with E-state index in [9.17, 15) is 4.79 Å². The van der Waals surface area contributed by atoms with Gasteiger partial charge in [-0.3, -0.25) is 13.9 Å². The number of hydrogen-bond donors (Lipinski definition) is 2. The Balaban J connectivity index is -0.000000996. The van der Waals surface area contributed by atoms with Crippen molar-refractivity contribution in [2.45, 2.75) is 194 Å². The number of hydrogen-bond acceptors (Lipinski definition) is 4. The molecule has 0 heterocycles. The first-order chi connectivity index (χ1) is 19.8. The topological polar surface area (TPSA) is 101 Å². The molecule has 8 heteroatoms. The van der Waals surface area contributed by atoms with E-state index in [-0.39, 0.29) is 37.0 Å². The van der Waals surface area contributed by atoms with Gasteiger partial charge in [-0.15, -0.1) is 0 Å². The van der Waals surface area contributed by atoms with Crippen LogP contribution in [-0.2, 0) is 19.9 Å². The Labute approximate surface area is 285 Å². The van der Waals surface area contributed by atoms with Crippen LogP contribution in [0.2, 0.25) is 0 Å². The number of rotatable bonds is 30. The largest absolute Gasteiger partial charge is 1.00 e. The van der Waals surface area contributed by atoms with Crippen molar-refractivity contribution in [3.8, 4) is 0 Å². The van der Waals surface area contributed by atoms with Gasteiger partial charge < -0.3 is 6.16 Å². The number of carbonyl (C=O) groups is 1. The average Bonchev–Trinajstić information content (AvgIpc) is 2.92. The Morgan fingerprint density at radius 2 is 0.833 bits per heavy atom. The average molecular weight is 629 g/mol. The van der Waals surface area contributed by atoms with Crippen molar-refractivity contribution in [1.29, 1.82) is 0 Å². The van der Waals surface area contributed by atoms with Crippen LogP contribution in [0.1, 0.15) is 195 Å². The summed E-state index contributed by atoms with van der Waals surface area (Å²) in [6.07, 6.45) is 41.2. The normalized spacial score (nSPS) is 11.2. The summed E-state index contributed by atoms with van der Waals surface area (Å²) in [7, 11) is -4.67. The van der Waals surface area contributed by atoms with Crippen molar-refractivity contribution in [1.82, 2.24) is 0 Å². The van der Waals surface area contributed by atoms with Crippen LogP contribution < -0.4 is 29.6 Å². The number of allylic oxidation sites excluding steroid dienone is 2. The zero-order chi connectivity index (χ0) is 30.7. The molecule has 0 amide bonds. The van der Waals surface area contributed by atoms with Crippen molar-refractivity contribution in [2.75, 3.05) is 6.61 Å². The molecule has 0 atom stereocenters. The molecule has 248 valence electrons. The molecule has 0 radical (unpaired) electrons. The Morgan fingerprint density at radius 3 is 1.19 bits per heavy atom. The van der Waals surface area contributed by atoms with Gasteiger partial charge in [-0.2, -0.15) is 8.42 Å². The molecular formula is C34H69NaO6S. The predicted molar refractivity (Wildman–Crippen MR) is 176 cm³/mol. The molecule has 0 aromatic rings. The second-order valence-electron chi connectivity index (χ2n) is 11.6. The predicted octanol–water partition coefficient (Wildman–Crippen LogP) is 8.51. The van der Waals surface area contributed by atoms with E-state index in [1.807, 2.05) is 0 Å². The maximum atomic E-state index is 11.9. The minimum absolute atomic E-state index is 0. The van der Waals surface area contributed by atoms with Crippen LogP contribution >= 0.6 is 0 Å². The fraction of sp³-hybridized carbons (Fsp3) is 0.912. The van der Waals surface area contributed by atoms with Crippen LogP contribution in [0.3, 0.4) is 0 Å². The molecule has 0 saturated heterocycles. The summed E-state index contributed by atoms with van der Waals surface area (Å²) in [5, 5.41) is 0. The van der Waals surface area contributed by atoms with E-state index in [0.29, 0.717) is 13.0 Å². The van der Waals surface area contributed by atoms with Gasteiger partial charge in [0.1, 0.15) is 0 Å². The van der Waals surface area contributed by atoms with E-state index in [2.05, 4.69) is 26.0 Å². The second-order valence-corrected chi connectivity index (χ2v) is 12.5. The minimum atomic E-state index is -4.67. The Bertz CT molecular complexity index is 653. The zero-order valence-corrected chi connectivity index (χ0v) is 30.9. The molecule has 0 saturated carbocycles. The van der Waals surface area contributed by atoms with Crippen molar-refractivity contribution in [2.24, 2.45) is 0 Å². The number of esters is 1. The third kappa shape index (κ3) is 52.7. The molecule has 0 fully saturated rings. The standard InChI is InChI=1S/C34H66O2.Na.H2O4S.H/c1-3-5-7-9-11-13-15-17-19-20-22-24-26-28-30-32-34(35)36-33-31-29-27-25-23-21-18-16-14-12-10-8-6-4-2;;1-5(2,3)4;/h17,19H,3-16,18,20-33H2,1-2H3;;(H2,1,2,3,4);/q;+1;;-1/b19-17-;;;. The minimum Gasteiger partial charge on any atom is -1.00 e. The van der Waals surface area contributed by atoms with Crippen LogP contribution in [0.15, 0.2) is 12.2 Å². The quantitative estimate of drug-likeness (QED) is 0.0272. The maximum absolute atomic E-state index is 11.9. The molecule has 0 aromatic carbocycles. The number of unbranched alkanes of at least 4 members (excludes halogenated alkanes) is 24. The first-order valence-corrected chi connectivity index (χ1v) is 18.7. The summed E-state index contributed by atoms with van der Waals surface area (Å²) in [5.74, 6) is 0.0160. The fourth-order valence-electron chi connectivity index (χ4n) is 4.89. The molecule has 0 bridgehead atoms. The summed E-state index contributed by atoms with van der Waals surface area (Å²) in [4.78, 5) is 11.9. The van der Waals surface area contributed by atoms with Crippen molar-refractivity contribution < 1.29 is 58.0 Å². The first-order valence-electron chi connectivity index (χ1n) is 17.3. The second kappa shape index (κ2) is 39.1. The first kappa shape index (κ1) is 46.5. The Hall–Kier alpha value is 0.0800. The summed E-state index contributed by atoms with van der Waals surface area (Å²) >= 11 is 0. The van der Waals surface area contributed by atoms with Crippen LogP contribution in [0, 0.1) is 0 Å². The van der Waals surface area contributed by atoms with Crippen molar-refractivity contribution in [3.05, 3.63) is 12.2 Å². The maximum Gasteiger partial charge on any atom is 1.00 e. The Kier molecular flexibility index (Phi) is 43.3. The smallest absolute Gasteiger partial charge is 1.00 e. The van der Waals surface area contributed by atoms with Gasteiger partial charge in [0, 0.05) is 6.42 Å².